The van der Waals surface area contributed by atoms with Gasteiger partial charge >= 0.3 is 0 Å². The third kappa shape index (κ3) is 3.62. The zero-order valence-corrected chi connectivity index (χ0v) is 13.5. The molecule has 5 heteroatoms. The lowest BCUT2D eigenvalue weighted by Crippen LogP contribution is -2.13. The van der Waals surface area contributed by atoms with E-state index in [1.165, 1.54) is 11.8 Å². The van der Waals surface area contributed by atoms with E-state index in [0.29, 0.717) is 16.8 Å². The number of carbonyl (C=O) groups is 1. The van der Waals surface area contributed by atoms with E-state index in [2.05, 4.69) is 16.4 Å². The second-order valence-corrected chi connectivity index (χ2v) is 5.99. The minimum atomic E-state index is -0.208. The number of aromatic nitrogens is 1. The zero-order valence-electron chi connectivity index (χ0n) is 12.6. The van der Waals surface area contributed by atoms with Gasteiger partial charge in [0.1, 0.15) is 6.07 Å². The number of pyridine rings is 1. The first kappa shape index (κ1) is 15.8. The minimum absolute atomic E-state index is 0.208. The summed E-state index contributed by atoms with van der Waals surface area (Å²) in [7, 11) is 0. The molecule has 0 fully saturated rings. The van der Waals surface area contributed by atoms with Crippen LogP contribution >= 0.6 is 11.8 Å². The lowest BCUT2D eigenvalue weighted by Gasteiger charge is -2.10. The molecule has 0 spiro atoms. The summed E-state index contributed by atoms with van der Waals surface area (Å²) in [6.45, 7) is 0. The number of anilines is 1. The fourth-order valence-corrected chi connectivity index (χ4v) is 3.17. The molecule has 0 saturated heterocycles. The Labute approximate surface area is 144 Å². The van der Waals surface area contributed by atoms with E-state index < -0.39 is 0 Å². The highest BCUT2D eigenvalue weighted by Crippen LogP contribution is 2.32. The average Bonchev–Trinajstić information content (AvgIpc) is 2.63. The van der Waals surface area contributed by atoms with Crippen molar-refractivity contribution in [2.75, 3.05) is 5.32 Å². The van der Waals surface area contributed by atoms with E-state index in [1.54, 1.807) is 36.7 Å². The Morgan fingerprint density at radius 3 is 2.50 bits per heavy atom. The van der Waals surface area contributed by atoms with Crippen LogP contribution in [0.1, 0.15) is 15.9 Å². The fraction of sp³-hybridized carbons (Fsp3) is 0. The third-order valence-electron chi connectivity index (χ3n) is 3.28. The van der Waals surface area contributed by atoms with Crippen LogP contribution in [0.25, 0.3) is 0 Å². The van der Waals surface area contributed by atoms with E-state index in [4.69, 9.17) is 0 Å². The van der Waals surface area contributed by atoms with E-state index in [-0.39, 0.29) is 5.91 Å². The molecule has 0 atom stereocenters. The van der Waals surface area contributed by atoms with Gasteiger partial charge in [-0.1, -0.05) is 36.0 Å². The van der Waals surface area contributed by atoms with Crippen LogP contribution in [0.15, 0.2) is 82.8 Å². The molecule has 116 valence electrons. The quantitative estimate of drug-likeness (QED) is 0.771. The number of rotatable bonds is 4. The number of hydrogen-bond donors (Lipinski definition) is 1. The van der Waals surface area contributed by atoms with Crippen molar-refractivity contribution < 1.29 is 4.79 Å². The molecule has 1 heterocycles. The topological polar surface area (TPSA) is 65.8 Å². The monoisotopic (exact) mass is 331 g/mol. The van der Waals surface area contributed by atoms with Gasteiger partial charge in [0, 0.05) is 16.0 Å². The van der Waals surface area contributed by atoms with Gasteiger partial charge in [0.25, 0.3) is 5.91 Å². The Morgan fingerprint density at radius 2 is 1.75 bits per heavy atom. The highest BCUT2D eigenvalue weighted by molar-refractivity contribution is 7.99. The van der Waals surface area contributed by atoms with Crippen LogP contribution in [0.3, 0.4) is 0 Å². The van der Waals surface area contributed by atoms with Crippen LogP contribution in [0.5, 0.6) is 0 Å². The van der Waals surface area contributed by atoms with Crippen molar-refractivity contribution in [1.29, 1.82) is 5.26 Å². The standard InChI is InChI=1S/C19H13N3OS/c20-12-14-6-1-3-9-17(14)24-18-10-4-2-8-16(18)19(23)22-15-7-5-11-21-13-15/h1-11,13H,(H,22,23). The maximum atomic E-state index is 12.6. The molecule has 1 aromatic heterocycles. The highest BCUT2D eigenvalue weighted by atomic mass is 32.2. The number of benzene rings is 2. The third-order valence-corrected chi connectivity index (χ3v) is 4.43. The average molecular weight is 331 g/mol. The van der Waals surface area contributed by atoms with Crippen molar-refractivity contribution in [3.05, 3.63) is 84.2 Å². The molecule has 0 aliphatic rings. The second kappa shape index (κ2) is 7.44. The van der Waals surface area contributed by atoms with Crippen LogP contribution in [-0.2, 0) is 0 Å². The molecule has 3 rings (SSSR count). The lowest BCUT2D eigenvalue weighted by molar-refractivity contribution is 0.102. The first-order valence-corrected chi connectivity index (χ1v) is 8.07. The number of amides is 1. The van der Waals surface area contributed by atoms with Gasteiger partial charge in [0.2, 0.25) is 0 Å². The van der Waals surface area contributed by atoms with Crippen molar-refractivity contribution >= 4 is 23.4 Å². The largest absolute Gasteiger partial charge is 0.321 e. The van der Waals surface area contributed by atoms with E-state index in [1.807, 2.05) is 36.4 Å². The second-order valence-electron chi connectivity index (χ2n) is 4.90. The SMILES string of the molecule is N#Cc1ccccc1Sc1ccccc1C(=O)Nc1cccnc1. The Bertz CT molecular complexity index is 904. The summed E-state index contributed by atoms with van der Waals surface area (Å²) in [5, 5.41) is 12.1. The van der Waals surface area contributed by atoms with Gasteiger partial charge in [0.15, 0.2) is 0 Å². The van der Waals surface area contributed by atoms with Crippen LogP contribution in [0.4, 0.5) is 5.69 Å². The van der Waals surface area contributed by atoms with Crippen LogP contribution in [0.2, 0.25) is 0 Å². The first-order chi connectivity index (χ1) is 11.8. The number of hydrogen-bond acceptors (Lipinski definition) is 4. The molecule has 0 aliphatic carbocycles. The summed E-state index contributed by atoms with van der Waals surface area (Å²) in [5.74, 6) is -0.208. The molecule has 0 unspecified atom stereocenters. The summed E-state index contributed by atoms with van der Waals surface area (Å²) >= 11 is 1.41. The highest BCUT2D eigenvalue weighted by Gasteiger charge is 2.13. The molecule has 4 nitrogen and oxygen atoms in total. The normalized spacial score (nSPS) is 9.96. The predicted molar refractivity (Wildman–Crippen MR) is 93.9 cm³/mol. The van der Waals surface area contributed by atoms with E-state index >= 15 is 0 Å². The maximum absolute atomic E-state index is 12.6. The lowest BCUT2D eigenvalue weighted by atomic mass is 10.2. The van der Waals surface area contributed by atoms with Crippen LogP contribution < -0.4 is 5.32 Å². The van der Waals surface area contributed by atoms with Crippen molar-refractivity contribution in [3.8, 4) is 6.07 Å². The Balaban J connectivity index is 1.88. The first-order valence-electron chi connectivity index (χ1n) is 7.25. The molecule has 3 aromatic rings. The van der Waals surface area contributed by atoms with E-state index in [0.717, 1.165) is 9.79 Å². The molecule has 2 aromatic carbocycles. The Hall–Kier alpha value is -3.10. The van der Waals surface area contributed by atoms with Gasteiger partial charge in [-0.25, -0.2) is 0 Å². The van der Waals surface area contributed by atoms with Gasteiger partial charge in [0.05, 0.1) is 23.0 Å². The Kier molecular flexibility index (Phi) is 4.90. The molecule has 24 heavy (non-hydrogen) atoms. The number of nitriles is 1. The summed E-state index contributed by atoms with van der Waals surface area (Å²) in [6.07, 6.45) is 3.25. The summed E-state index contributed by atoms with van der Waals surface area (Å²) < 4.78 is 0. The van der Waals surface area contributed by atoms with Crippen molar-refractivity contribution in [1.82, 2.24) is 4.98 Å². The number of carbonyl (C=O) groups excluding carboxylic acids is 1. The molecule has 0 saturated carbocycles. The molecule has 0 bridgehead atoms. The smallest absolute Gasteiger partial charge is 0.256 e. The minimum Gasteiger partial charge on any atom is -0.321 e. The Morgan fingerprint density at radius 1 is 1.00 bits per heavy atom. The predicted octanol–water partition coefficient (Wildman–Crippen LogP) is 4.36. The molecule has 0 aliphatic heterocycles. The van der Waals surface area contributed by atoms with Crippen LogP contribution in [0, 0.1) is 11.3 Å². The van der Waals surface area contributed by atoms with Gasteiger partial charge in [-0.3, -0.25) is 9.78 Å². The summed E-state index contributed by atoms with van der Waals surface area (Å²) in [5.41, 5.74) is 1.78. The van der Waals surface area contributed by atoms with Gasteiger partial charge in [-0.15, -0.1) is 0 Å². The maximum Gasteiger partial charge on any atom is 0.256 e. The molecular formula is C19H13N3OS. The van der Waals surface area contributed by atoms with E-state index in [9.17, 15) is 10.1 Å². The summed E-state index contributed by atoms with van der Waals surface area (Å²) in [4.78, 5) is 18.2. The number of nitrogens with one attached hydrogen (secondary N) is 1. The number of nitrogens with zero attached hydrogens (tertiary/aromatic N) is 2. The molecular weight excluding hydrogens is 318 g/mol. The van der Waals surface area contributed by atoms with Gasteiger partial charge < -0.3 is 5.32 Å². The van der Waals surface area contributed by atoms with Crippen molar-refractivity contribution in [3.63, 3.8) is 0 Å². The van der Waals surface area contributed by atoms with Gasteiger partial charge in [-0.2, -0.15) is 5.26 Å². The molecule has 0 radical (unpaired) electrons. The van der Waals surface area contributed by atoms with Crippen molar-refractivity contribution in [2.24, 2.45) is 0 Å². The fourth-order valence-electron chi connectivity index (χ4n) is 2.14. The molecule has 1 N–H and O–H groups in total. The van der Waals surface area contributed by atoms with Crippen LogP contribution in [-0.4, -0.2) is 10.9 Å². The van der Waals surface area contributed by atoms with Gasteiger partial charge in [-0.05, 0) is 36.4 Å². The summed E-state index contributed by atoms with van der Waals surface area (Å²) in [6, 6.07) is 20.4. The van der Waals surface area contributed by atoms with Crippen molar-refractivity contribution in [2.45, 2.75) is 9.79 Å². The molecule has 1 amide bonds. The zero-order chi connectivity index (χ0) is 16.8.